The molecule has 0 aliphatic carbocycles. The van der Waals surface area contributed by atoms with Crippen molar-refractivity contribution >= 4 is 11.9 Å². The van der Waals surface area contributed by atoms with Crippen LogP contribution in [0.3, 0.4) is 0 Å². The van der Waals surface area contributed by atoms with Crippen LogP contribution < -0.4 is 16.0 Å². The highest BCUT2D eigenvalue weighted by Crippen LogP contribution is 2.27. The summed E-state index contributed by atoms with van der Waals surface area (Å²) >= 11 is 0. The van der Waals surface area contributed by atoms with E-state index in [1.807, 2.05) is 0 Å². The maximum atomic E-state index is 12.6. The van der Waals surface area contributed by atoms with Crippen molar-refractivity contribution in [2.45, 2.75) is 12.7 Å². The van der Waals surface area contributed by atoms with Crippen LogP contribution in [0.25, 0.3) is 0 Å². The molecule has 0 atom stereocenters. The summed E-state index contributed by atoms with van der Waals surface area (Å²) in [6.45, 7) is 1.14. The Bertz CT molecular complexity index is 711. The van der Waals surface area contributed by atoms with Crippen LogP contribution in [0.5, 0.6) is 0 Å². The first-order chi connectivity index (χ1) is 11.9. The first-order valence-corrected chi connectivity index (χ1v) is 7.31. The second-order valence-electron chi connectivity index (χ2n) is 4.84. The summed E-state index contributed by atoms with van der Waals surface area (Å²) in [6, 6.07) is 0.821. The lowest BCUT2D eigenvalue weighted by molar-refractivity contribution is -0.141. The van der Waals surface area contributed by atoms with Gasteiger partial charge in [-0.2, -0.15) is 18.3 Å². The number of guanidine groups is 1. The molecule has 0 unspecified atom stereocenters. The molecule has 0 aliphatic heterocycles. The second kappa shape index (κ2) is 8.26. The molecule has 3 N–H and O–H groups in total. The molecule has 2 heterocycles. The van der Waals surface area contributed by atoms with Crippen molar-refractivity contribution in [3.8, 4) is 0 Å². The summed E-state index contributed by atoms with van der Waals surface area (Å²) < 4.78 is 39.3. The lowest BCUT2D eigenvalue weighted by Gasteiger charge is -2.12. The third kappa shape index (κ3) is 5.58. The number of alkyl halides is 3. The van der Waals surface area contributed by atoms with E-state index >= 15 is 0 Å². The Kier molecular flexibility index (Phi) is 6.08. The Morgan fingerprint density at radius 3 is 2.68 bits per heavy atom. The molecule has 0 radical (unpaired) electrons. The van der Waals surface area contributed by atoms with E-state index in [1.54, 1.807) is 18.8 Å². The number of nitrogens with zero attached hydrogens (tertiary/aromatic N) is 6. The standard InChI is InChI=1S/C13H18F3N9/c1-17-11(21-7-10-22-8-23-25(10)2)19-5-6-20-12-18-4-3-9(24-12)13(14,15)16/h3-4,8H,5-7H2,1-2H3,(H2,17,19,21)(H,18,20,24). The molecule has 0 amide bonds. The molecule has 0 saturated heterocycles. The third-order valence-corrected chi connectivity index (χ3v) is 3.09. The summed E-state index contributed by atoms with van der Waals surface area (Å²) in [5.41, 5.74) is -0.987. The summed E-state index contributed by atoms with van der Waals surface area (Å²) in [6.07, 6.45) is -1.98. The molecule has 9 nitrogen and oxygen atoms in total. The largest absolute Gasteiger partial charge is 0.433 e. The van der Waals surface area contributed by atoms with Gasteiger partial charge in [-0.3, -0.25) is 9.67 Å². The van der Waals surface area contributed by atoms with Crippen LogP contribution in [-0.4, -0.2) is 50.8 Å². The Balaban J connectivity index is 1.75. The summed E-state index contributed by atoms with van der Waals surface area (Å²) in [5.74, 6) is 1.17. The minimum atomic E-state index is -4.50. The Morgan fingerprint density at radius 1 is 1.24 bits per heavy atom. The number of aromatic nitrogens is 5. The highest BCUT2D eigenvalue weighted by molar-refractivity contribution is 5.79. The molecular weight excluding hydrogens is 339 g/mol. The van der Waals surface area contributed by atoms with Gasteiger partial charge in [0.2, 0.25) is 5.95 Å². The van der Waals surface area contributed by atoms with Gasteiger partial charge in [-0.25, -0.2) is 15.0 Å². The quantitative estimate of drug-likeness (QED) is 0.390. The number of hydrogen-bond acceptors (Lipinski definition) is 6. The van der Waals surface area contributed by atoms with E-state index in [9.17, 15) is 13.2 Å². The van der Waals surface area contributed by atoms with Crippen molar-refractivity contribution in [3.63, 3.8) is 0 Å². The number of anilines is 1. The molecule has 0 aromatic carbocycles. The van der Waals surface area contributed by atoms with Gasteiger partial charge in [-0.05, 0) is 6.07 Å². The van der Waals surface area contributed by atoms with Crippen molar-refractivity contribution in [1.29, 1.82) is 0 Å². The van der Waals surface area contributed by atoms with Crippen LogP contribution in [0.15, 0.2) is 23.6 Å². The van der Waals surface area contributed by atoms with Crippen LogP contribution in [0.2, 0.25) is 0 Å². The van der Waals surface area contributed by atoms with Gasteiger partial charge in [0.1, 0.15) is 17.8 Å². The average molecular weight is 357 g/mol. The number of halogens is 3. The van der Waals surface area contributed by atoms with Crippen molar-refractivity contribution in [3.05, 3.63) is 30.1 Å². The minimum absolute atomic E-state index is 0.0846. The second-order valence-corrected chi connectivity index (χ2v) is 4.84. The zero-order valence-electron chi connectivity index (χ0n) is 13.7. The van der Waals surface area contributed by atoms with E-state index in [-0.39, 0.29) is 5.95 Å². The Hall–Kier alpha value is -2.92. The lowest BCUT2D eigenvalue weighted by atomic mass is 10.4. The monoisotopic (exact) mass is 357 g/mol. The zero-order valence-corrected chi connectivity index (χ0v) is 13.7. The molecule has 2 aromatic rings. The van der Waals surface area contributed by atoms with Crippen molar-refractivity contribution in [2.24, 2.45) is 12.0 Å². The van der Waals surface area contributed by atoms with Crippen molar-refractivity contribution < 1.29 is 13.2 Å². The maximum absolute atomic E-state index is 12.6. The van der Waals surface area contributed by atoms with Gasteiger partial charge in [0, 0.05) is 33.4 Å². The number of aryl methyl sites for hydroxylation is 1. The van der Waals surface area contributed by atoms with E-state index in [2.05, 4.69) is 41.0 Å². The lowest BCUT2D eigenvalue weighted by Crippen LogP contribution is -2.39. The molecule has 0 fully saturated rings. The molecule has 12 heteroatoms. The Morgan fingerprint density at radius 2 is 2.04 bits per heavy atom. The van der Waals surface area contributed by atoms with Gasteiger partial charge < -0.3 is 16.0 Å². The minimum Gasteiger partial charge on any atom is -0.355 e. The summed E-state index contributed by atoms with van der Waals surface area (Å²) in [5, 5.41) is 12.7. The predicted molar refractivity (Wildman–Crippen MR) is 84.7 cm³/mol. The molecule has 0 saturated carbocycles. The first kappa shape index (κ1) is 18.4. The topological polar surface area (TPSA) is 105 Å². The van der Waals surface area contributed by atoms with Gasteiger partial charge in [0.25, 0.3) is 0 Å². The number of aliphatic imine (C=N–C) groups is 1. The van der Waals surface area contributed by atoms with Gasteiger partial charge in [0.05, 0.1) is 6.54 Å². The maximum Gasteiger partial charge on any atom is 0.433 e. The van der Waals surface area contributed by atoms with Gasteiger partial charge in [0.15, 0.2) is 5.96 Å². The van der Waals surface area contributed by atoms with E-state index < -0.39 is 11.9 Å². The summed E-state index contributed by atoms with van der Waals surface area (Å²) in [7, 11) is 3.38. The fourth-order valence-corrected chi connectivity index (χ4v) is 1.82. The molecular formula is C13H18F3N9. The van der Waals surface area contributed by atoms with Crippen LogP contribution in [-0.2, 0) is 19.8 Å². The molecule has 2 rings (SSSR count). The molecule has 136 valence electrons. The first-order valence-electron chi connectivity index (χ1n) is 7.31. The molecule has 0 aliphatic rings. The average Bonchev–Trinajstić information content (AvgIpc) is 2.99. The number of rotatable bonds is 6. The normalized spacial score (nSPS) is 12.1. The van der Waals surface area contributed by atoms with Gasteiger partial charge >= 0.3 is 6.18 Å². The highest BCUT2D eigenvalue weighted by Gasteiger charge is 2.32. The smallest absolute Gasteiger partial charge is 0.355 e. The van der Waals surface area contributed by atoms with Crippen LogP contribution in [0.1, 0.15) is 11.5 Å². The number of hydrogen-bond donors (Lipinski definition) is 3. The number of nitrogens with one attached hydrogen (secondary N) is 3. The van der Waals surface area contributed by atoms with E-state index in [0.29, 0.717) is 25.6 Å². The van der Waals surface area contributed by atoms with E-state index in [0.717, 1.165) is 18.1 Å². The highest BCUT2D eigenvalue weighted by atomic mass is 19.4. The van der Waals surface area contributed by atoms with E-state index in [1.165, 1.54) is 6.33 Å². The zero-order chi connectivity index (χ0) is 18.3. The van der Waals surface area contributed by atoms with Gasteiger partial charge in [-0.1, -0.05) is 0 Å². The van der Waals surface area contributed by atoms with Crippen molar-refractivity contribution in [2.75, 3.05) is 25.5 Å². The predicted octanol–water partition coefficient (Wildman–Crippen LogP) is 0.401. The molecule has 0 bridgehead atoms. The van der Waals surface area contributed by atoms with Gasteiger partial charge in [-0.15, -0.1) is 0 Å². The molecule has 0 spiro atoms. The van der Waals surface area contributed by atoms with Crippen LogP contribution in [0.4, 0.5) is 19.1 Å². The fourth-order valence-electron chi connectivity index (χ4n) is 1.82. The van der Waals surface area contributed by atoms with Crippen LogP contribution in [0, 0.1) is 0 Å². The van der Waals surface area contributed by atoms with Crippen LogP contribution >= 0.6 is 0 Å². The van der Waals surface area contributed by atoms with E-state index in [4.69, 9.17) is 0 Å². The third-order valence-electron chi connectivity index (χ3n) is 3.09. The SMILES string of the molecule is CN=C(NCCNc1nccc(C(F)(F)F)n1)NCc1ncnn1C. The summed E-state index contributed by atoms with van der Waals surface area (Å²) in [4.78, 5) is 15.3. The molecule has 25 heavy (non-hydrogen) atoms. The van der Waals surface area contributed by atoms with Crippen molar-refractivity contribution in [1.82, 2.24) is 35.4 Å². The molecule has 2 aromatic heterocycles. The fraction of sp³-hybridized carbons (Fsp3) is 0.462. The Labute approximate surface area is 141 Å².